The molecule has 1 aliphatic carbocycles. The second-order valence-corrected chi connectivity index (χ2v) is 5.89. The lowest BCUT2D eigenvalue weighted by Gasteiger charge is -2.13. The monoisotopic (exact) mass is 314 g/mol. The first-order valence-electron chi connectivity index (χ1n) is 7.81. The maximum atomic E-state index is 12.1. The number of anilines is 1. The number of ether oxygens (including phenoxy) is 1. The number of carbonyl (C=O) groups is 1. The lowest BCUT2D eigenvalue weighted by molar-refractivity contribution is 0.251. The minimum atomic E-state index is -0.254. The maximum Gasteiger partial charge on any atom is 0.320 e. The van der Waals surface area contributed by atoms with Crippen molar-refractivity contribution in [3.8, 4) is 5.75 Å². The summed E-state index contributed by atoms with van der Waals surface area (Å²) in [6, 6.07) is 5.82. The quantitative estimate of drug-likeness (QED) is 0.911. The van der Waals surface area contributed by atoms with Crippen molar-refractivity contribution in [2.45, 2.75) is 32.7 Å². The van der Waals surface area contributed by atoms with Gasteiger partial charge in [-0.25, -0.2) is 4.79 Å². The number of methoxy groups -OCH3 is 1. The highest BCUT2D eigenvalue weighted by Crippen LogP contribution is 2.29. The standard InChI is InChI=1S/C17H22N4O2/c1-11-7-16(21(2)20-11)19-17(22)18-10-14-8-12-5-4-6-13(12)9-15(14)23-3/h7-9H,4-6,10H2,1-3H3,(H2,18,19,22). The lowest BCUT2D eigenvalue weighted by atomic mass is 10.1. The molecule has 1 aliphatic rings. The summed E-state index contributed by atoms with van der Waals surface area (Å²) >= 11 is 0. The lowest BCUT2D eigenvalue weighted by Crippen LogP contribution is -2.29. The molecule has 6 nitrogen and oxygen atoms in total. The summed E-state index contributed by atoms with van der Waals surface area (Å²) in [5.74, 6) is 1.50. The average Bonchev–Trinajstić information content (AvgIpc) is 3.09. The van der Waals surface area contributed by atoms with Gasteiger partial charge >= 0.3 is 6.03 Å². The Morgan fingerprint density at radius 1 is 1.30 bits per heavy atom. The molecule has 0 radical (unpaired) electrons. The SMILES string of the molecule is COc1cc2c(cc1CNC(=O)Nc1cc(C)nn1C)CCC2. The largest absolute Gasteiger partial charge is 0.496 e. The number of rotatable bonds is 4. The molecule has 3 rings (SSSR count). The van der Waals surface area contributed by atoms with Crippen molar-refractivity contribution in [3.63, 3.8) is 0 Å². The van der Waals surface area contributed by atoms with Crippen LogP contribution >= 0.6 is 0 Å². The van der Waals surface area contributed by atoms with Crippen molar-refractivity contribution < 1.29 is 9.53 Å². The third-order valence-corrected chi connectivity index (χ3v) is 4.18. The van der Waals surface area contributed by atoms with E-state index in [1.54, 1.807) is 18.8 Å². The van der Waals surface area contributed by atoms with E-state index < -0.39 is 0 Å². The van der Waals surface area contributed by atoms with E-state index in [1.807, 2.05) is 13.0 Å². The third kappa shape index (κ3) is 3.31. The van der Waals surface area contributed by atoms with Crippen molar-refractivity contribution >= 4 is 11.8 Å². The number of benzene rings is 1. The van der Waals surface area contributed by atoms with Crippen LogP contribution < -0.4 is 15.4 Å². The third-order valence-electron chi connectivity index (χ3n) is 4.18. The van der Waals surface area contributed by atoms with Gasteiger partial charge in [-0.05, 0) is 43.4 Å². The van der Waals surface area contributed by atoms with Crippen LogP contribution in [0.25, 0.3) is 0 Å². The first-order chi connectivity index (χ1) is 11.1. The fraction of sp³-hybridized carbons (Fsp3) is 0.412. The number of urea groups is 1. The molecule has 122 valence electrons. The van der Waals surface area contributed by atoms with Crippen molar-refractivity contribution in [3.05, 3.63) is 40.6 Å². The van der Waals surface area contributed by atoms with Gasteiger partial charge in [-0.1, -0.05) is 6.07 Å². The van der Waals surface area contributed by atoms with E-state index in [1.165, 1.54) is 17.5 Å². The zero-order valence-corrected chi connectivity index (χ0v) is 13.8. The molecule has 0 saturated heterocycles. The first kappa shape index (κ1) is 15.4. The van der Waals surface area contributed by atoms with E-state index in [-0.39, 0.29) is 6.03 Å². The van der Waals surface area contributed by atoms with E-state index in [0.29, 0.717) is 12.4 Å². The molecular weight excluding hydrogens is 292 g/mol. The van der Waals surface area contributed by atoms with Crippen molar-refractivity contribution in [1.29, 1.82) is 0 Å². The van der Waals surface area contributed by atoms with Gasteiger partial charge in [0.2, 0.25) is 0 Å². The van der Waals surface area contributed by atoms with Gasteiger partial charge in [0.25, 0.3) is 0 Å². The zero-order chi connectivity index (χ0) is 16.4. The highest BCUT2D eigenvalue weighted by atomic mass is 16.5. The van der Waals surface area contributed by atoms with Crippen LogP contribution in [0.5, 0.6) is 5.75 Å². The van der Waals surface area contributed by atoms with Gasteiger partial charge in [0.1, 0.15) is 11.6 Å². The Hall–Kier alpha value is -2.50. The summed E-state index contributed by atoms with van der Waals surface area (Å²) in [4.78, 5) is 12.1. The molecule has 0 spiro atoms. The Kier molecular flexibility index (Phi) is 4.23. The fourth-order valence-electron chi connectivity index (χ4n) is 3.04. The highest BCUT2D eigenvalue weighted by molar-refractivity contribution is 5.88. The Balaban J connectivity index is 1.66. The summed E-state index contributed by atoms with van der Waals surface area (Å²) in [5.41, 5.74) is 4.60. The average molecular weight is 314 g/mol. The summed E-state index contributed by atoms with van der Waals surface area (Å²) in [6.45, 7) is 2.32. The van der Waals surface area contributed by atoms with Crippen LogP contribution in [-0.2, 0) is 26.4 Å². The zero-order valence-electron chi connectivity index (χ0n) is 13.8. The molecule has 0 fully saturated rings. The Morgan fingerprint density at radius 3 is 2.70 bits per heavy atom. The molecule has 1 aromatic heterocycles. The van der Waals surface area contributed by atoms with Crippen molar-refractivity contribution in [2.75, 3.05) is 12.4 Å². The van der Waals surface area contributed by atoms with Crippen molar-refractivity contribution in [1.82, 2.24) is 15.1 Å². The molecule has 0 aliphatic heterocycles. The van der Waals surface area contributed by atoms with E-state index in [4.69, 9.17) is 4.74 Å². The first-order valence-corrected chi connectivity index (χ1v) is 7.81. The molecule has 6 heteroatoms. The highest BCUT2D eigenvalue weighted by Gasteiger charge is 2.16. The number of hydrogen-bond acceptors (Lipinski definition) is 3. The molecule has 0 atom stereocenters. The second kappa shape index (κ2) is 6.32. The number of nitrogens with one attached hydrogen (secondary N) is 2. The molecule has 2 aromatic rings. The van der Waals surface area contributed by atoms with Crippen LogP contribution in [0.15, 0.2) is 18.2 Å². The van der Waals surface area contributed by atoms with Gasteiger partial charge in [-0.15, -0.1) is 0 Å². The minimum absolute atomic E-state index is 0.254. The molecule has 0 bridgehead atoms. The van der Waals surface area contributed by atoms with E-state index >= 15 is 0 Å². The number of hydrogen-bond donors (Lipinski definition) is 2. The predicted octanol–water partition coefficient (Wildman–Crippen LogP) is 2.55. The normalized spacial score (nSPS) is 12.8. The smallest absolute Gasteiger partial charge is 0.320 e. The molecule has 23 heavy (non-hydrogen) atoms. The number of aryl methyl sites for hydroxylation is 4. The topological polar surface area (TPSA) is 68.2 Å². The molecule has 1 heterocycles. The van der Waals surface area contributed by atoms with Crippen LogP contribution in [0.2, 0.25) is 0 Å². The Bertz CT molecular complexity index is 736. The maximum absolute atomic E-state index is 12.1. The van der Waals surface area contributed by atoms with Crippen LogP contribution in [0, 0.1) is 6.92 Å². The van der Waals surface area contributed by atoms with Crippen LogP contribution in [0.3, 0.4) is 0 Å². The Morgan fingerprint density at radius 2 is 2.04 bits per heavy atom. The van der Waals surface area contributed by atoms with Crippen LogP contribution in [0.4, 0.5) is 10.6 Å². The number of nitrogens with zero attached hydrogens (tertiary/aromatic N) is 2. The second-order valence-electron chi connectivity index (χ2n) is 5.89. The van der Waals surface area contributed by atoms with E-state index in [0.717, 1.165) is 29.8 Å². The minimum Gasteiger partial charge on any atom is -0.496 e. The van der Waals surface area contributed by atoms with Gasteiger partial charge in [-0.3, -0.25) is 10.00 Å². The van der Waals surface area contributed by atoms with Gasteiger partial charge < -0.3 is 10.1 Å². The predicted molar refractivity (Wildman–Crippen MR) is 88.8 cm³/mol. The van der Waals surface area contributed by atoms with E-state index in [2.05, 4.69) is 27.9 Å². The van der Waals surface area contributed by atoms with Gasteiger partial charge in [-0.2, -0.15) is 5.10 Å². The summed E-state index contributed by atoms with van der Waals surface area (Å²) in [7, 11) is 3.46. The van der Waals surface area contributed by atoms with Gasteiger partial charge in [0.05, 0.1) is 12.8 Å². The summed E-state index contributed by atoms with van der Waals surface area (Å²) < 4.78 is 7.10. The summed E-state index contributed by atoms with van der Waals surface area (Å²) in [5, 5.41) is 9.88. The molecule has 1 aromatic carbocycles. The van der Waals surface area contributed by atoms with Gasteiger partial charge in [0, 0.05) is 25.2 Å². The number of carbonyl (C=O) groups excluding carboxylic acids is 1. The molecular formula is C17H22N4O2. The van der Waals surface area contributed by atoms with Crippen LogP contribution in [0.1, 0.15) is 28.8 Å². The summed E-state index contributed by atoms with van der Waals surface area (Å²) in [6.07, 6.45) is 3.41. The molecule has 2 amide bonds. The van der Waals surface area contributed by atoms with Gasteiger partial charge in [0.15, 0.2) is 0 Å². The number of fused-ring (bicyclic) bond motifs is 1. The molecule has 0 unspecified atom stereocenters. The van der Waals surface area contributed by atoms with E-state index in [9.17, 15) is 4.79 Å². The van der Waals surface area contributed by atoms with Crippen LogP contribution in [-0.4, -0.2) is 22.9 Å². The number of aromatic nitrogens is 2. The number of amides is 2. The Labute approximate surface area is 135 Å². The van der Waals surface area contributed by atoms with Crippen molar-refractivity contribution in [2.24, 2.45) is 7.05 Å². The molecule has 2 N–H and O–H groups in total. The fourth-order valence-corrected chi connectivity index (χ4v) is 3.04. The molecule has 0 saturated carbocycles.